The van der Waals surface area contributed by atoms with E-state index in [-0.39, 0.29) is 0 Å². The van der Waals surface area contributed by atoms with Gasteiger partial charge in [0.1, 0.15) is 0 Å². The van der Waals surface area contributed by atoms with Gasteiger partial charge >= 0.3 is 0 Å². The van der Waals surface area contributed by atoms with E-state index >= 15 is 0 Å². The minimum absolute atomic E-state index is 0.344. The van der Waals surface area contributed by atoms with Crippen LogP contribution in [0.25, 0.3) is 0 Å². The van der Waals surface area contributed by atoms with Crippen molar-refractivity contribution in [2.24, 2.45) is 11.7 Å². The minimum atomic E-state index is 0.344. The fourth-order valence-corrected chi connectivity index (χ4v) is 2.89. The average Bonchev–Trinajstić information content (AvgIpc) is 2.76. The van der Waals surface area contributed by atoms with Gasteiger partial charge in [0.2, 0.25) is 0 Å². The van der Waals surface area contributed by atoms with Gasteiger partial charge in [0.05, 0.1) is 0 Å². The first-order valence-electron chi connectivity index (χ1n) is 6.52. The van der Waals surface area contributed by atoms with Crippen LogP contribution >= 0.6 is 11.3 Å². The highest BCUT2D eigenvalue weighted by Gasteiger charge is 2.12. The fourth-order valence-electron chi connectivity index (χ4n) is 2.20. The van der Waals surface area contributed by atoms with Crippen LogP contribution < -0.4 is 5.73 Å². The molecule has 1 rings (SSSR count). The van der Waals surface area contributed by atoms with Crippen LogP contribution in [-0.4, -0.2) is 6.04 Å². The predicted octanol–water partition coefficient (Wildman–Crippen LogP) is 4.22. The highest BCUT2D eigenvalue weighted by atomic mass is 32.1. The van der Waals surface area contributed by atoms with Crippen molar-refractivity contribution in [2.75, 3.05) is 0 Å². The minimum Gasteiger partial charge on any atom is -0.327 e. The smallest absolute Gasteiger partial charge is 0.00822 e. The van der Waals surface area contributed by atoms with E-state index in [1.165, 1.54) is 37.7 Å². The van der Waals surface area contributed by atoms with Crippen molar-refractivity contribution >= 4 is 11.3 Å². The Hall–Kier alpha value is -0.340. The molecule has 2 atom stereocenters. The molecule has 1 aromatic heterocycles. The molecule has 0 aliphatic heterocycles. The summed E-state index contributed by atoms with van der Waals surface area (Å²) in [6, 6.07) is 2.54. The summed E-state index contributed by atoms with van der Waals surface area (Å²) in [6.07, 6.45) is 7.51. The quantitative estimate of drug-likeness (QED) is 0.722. The Labute approximate surface area is 104 Å². The van der Waals surface area contributed by atoms with Gasteiger partial charge in [-0.15, -0.1) is 0 Å². The predicted molar refractivity (Wildman–Crippen MR) is 73.9 cm³/mol. The molecule has 0 aliphatic rings. The summed E-state index contributed by atoms with van der Waals surface area (Å²) in [5, 5.41) is 4.35. The molecule has 0 aliphatic carbocycles. The van der Waals surface area contributed by atoms with Crippen LogP contribution in [0.15, 0.2) is 16.8 Å². The molecule has 0 bridgehead atoms. The maximum absolute atomic E-state index is 6.22. The molecule has 0 aromatic carbocycles. The van der Waals surface area contributed by atoms with E-state index in [9.17, 15) is 0 Å². The number of thiophene rings is 1. The molecule has 2 unspecified atom stereocenters. The van der Waals surface area contributed by atoms with E-state index in [2.05, 4.69) is 30.7 Å². The van der Waals surface area contributed by atoms with Gasteiger partial charge in [-0.05, 0) is 41.1 Å². The molecule has 2 N–H and O–H groups in total. The monoisotopic (exact) mass is 239 g/mol. The van der Waals surface area contributed by atoms with Crippen molar-refractivity contribution in [3.05, 3.63) is 22.4 Å². The van der Waals surface area contributed by atoms with Gasteiger partial charge in [0.15, 0.2) is 0 Å². The molecule has 0 amide bonds. The van der Waals surface area contributed by atoms with Crippen molar-refractivity contribution in [1.29, 1.82) is 0 Å². The fraction of sp³-hybridized carbons (Fsp3) is 0.714. The Bertz CT molecular complexity index is 256. The first-order chi connectivity index (χ1) is 7.76. The van der Waals surface area contributed by atoms with E-state index in [0.717, 1.165) is 12.3 Å². The zero-order valence-electron chi connectivity index (χ0n) is 10.6. The van der Waals surface area contributed by atoms with E-state index in [1.807, 2.05) is 0 Å². The summed E-state index contributed by atoms with van der Waals surface area (Å²) < 4.78 is 0. The number of nitrogens with two attached hydrogens (primary N) is 1. The topological polar surface area (TPSA) is 26.0 Å². The molecule has 0 spiro atoms. The highest BCUT2D eigenvalue weighted by molar-refractivity contribution is 7.07. The lowest BCUT2D eigenvalue weighted by atomic mass is 9.90. The Morgan fingerprint density at radius 2 is 2.19 bits per heavy atom. The van der Waals surface area contributed by atoms with Gasteiger partial charge in [-0.1, -0.05) is 39.5 Å². The molecule has 1 nitrogen and oxygen atoms in total. The van der Waals surface area contributed by atoms with Crippen LogP contribution in [0.5, 0.6) is 0 Å². The van der Waals surface area contributed by atoms with Crippen LogP contribution in [-0.2, 0) is 6.42 Å². The summed E-state index contributed by atoms with van der Waals surface area (Å²) in [5.41, 5.74) is 7.62. The molecule has 0 saturated carbocycles. The first-order valence-corrected chi connectivity index (χ1v) is 7.47. The second-order valence-corrected chi connectivity index (χ2v) is 5.53. The van der Waals surface area contributed by atoms with E-state index < -0.39 is 0 Å². The van der Waals surface area contributed by atoms with E-state index in [4.69, 9.17) is 5.73 Å². The largest absolute Gasteiger partial charge is 0.327 e. The standard InChI is InChI=1S/C14H25NS/c1-3-5-6-12(4-2)9-14(15)10-13-7-8-16-11-13/h7-8,11-12,14H,3-6,9-10,15H2,1-2H3. The second-order valence-electron chi connectivity index (χ2n) is 4.75. The maximum atomic E-state index is 6.22. The molecule has 16 heavy (non-hydrogen) atoms. The maximum Gasteiger partial charge on any atom is 0.00822 e. The number of hydrogen-bond donors (Lipinski definition) is 1. The van der Waals surface area contributed by atoms with Crippen molar-refractivity contribution in [3.63, 3.8) is 0 Å². The molecule has 1 heterocycles. The molecule has 0 radical (unpaired) electrons. The summed E-state index contributed by atoms with van der Waals surface area (Å²) in [4.78, 5) is 0. The molecule has 0 saturated heterocycles. The Morgan fingerprint density at radius 1 is 1.38 bits per heavy atom. The average molecular weight is 239 g/mol. The van der Waals surface area contributed by atoms with Crippen LogP contribution in [0.4, 0.5) is 0 Å². The number of rotatable bonds is 8. The first kappa shape index (κ1) is 13.7. The third-order valence-electron chi connectivity index (χ3n) is 3.26. The number of unbranched alkanes of at least 4 members (excludes halogenated alkanes) is 1. The lowest BCUT2D eigenvalue weighted by Crippen LogP contribution is -2.25. The molecule has 0 fully saturated rings. The molecule has 1 aromatic rings. The SMILES string of the molecule is CCCCC(CC)CC(N)Cc1ccsc1. The van der Waals surface area contributed by atoms with Crippen molar-refractivity contribution < 1.29 is 0 Å². The summed E-state index contributed by atoms with van der Waals surface area (Å²) in [6.45, 7) is 4.55. The lowest BCUT2D eigenvalue weighted by molar-refractivity contribution is 0.383. The van der Waals surface area contributed by atoms with Crippen LogP contribution in [0.2, 0.25) is 0 Å². The third-order valence-corrected chi connectivity index (χ3v) is 3.99. The second kappa shape index (κ2) is 7.86. The van der Waals surface area contributed by atoms with Gasteiger partial charge in [-0.3, -0.25) is 0 Å². The molecular weight excluding hydrogens is 214 g/mol. The number of hydrogen-bond acceptors (Lipinski definition) is 2. The molecule has 2 heteroatoms. The summed E-state index contributed by atoms with van der Waals surface area (Å²) in [7, 11) is 0. The summed E-state index contributed by atoms with van der Waals surface area (Å²) in [5.74, 6) is 0.827. The zero-order chi connectivity index (χ0) is 11.8. The Kier molecular flexibility index (Phi) is 6.74. The Balaban J connectivity index is 2.28. The molecular formula is C14H25NS. The van der Waals surface area contributed by atoms with Crippen LogP contribution in [0.3, 0.4) is 0 Å². The van der Waals surface area contributed by atoms with Gasteiger partial charge < -0.3 is 5.73 Å². The summed E-state index contributed by atoms with van der Waals surface area (Å²) >= 11 is 1.76. The van der Waals surface area contributed by atoms with Crippen LogP contribution in [0.1, 0.15) is 51.5 Å². The highest BCUT2D eigenvalue weighted by Crippen LogP contribution is 2.20. The van der Waals surface area contributed by atoms with Gasteiger partial charge in [0.25, 0.3) is 0 Å². The molecule has 92 valence electrons. The normalized spacial score (nSPS) is 14.9. The lowest BCUT2D eigenvalue weighted by Gasteiger charge is -2.19. The van der Waals surface area contributed by atoms with Gasteiger partial charge in [0, 0.05) is 6.04 Å². The van der Waals surface area contributed by atoms with E-state index in [0.29, 0.717) is 6.04 Å². The van der Waals surface area contributed by atoms with E-state index in [1.54, 1.807) is 11.3 Å². The van der Waals surface area contributed by atoms with Crippen molar-refractivity contribution in [1.82, 2.24) is 0 Å². The Morgan fingerprint density at radius 3 is 2.75 bits per heavy atom. The third kappa shape index (κ3) is 5.13. The van der Waals surface area contributed by atoms with Crippen LogP contribution in [0, 0.1) is 5.92 Å². The van der Waals surface area contributed by atoms with Gasteiger partial charge in [-0.2, -0.15) is 11.3 Å². The zero-order valence-corrected chi connectivity index (χ0v) is 11.4. The van der Waals surface area contributed by atoms with Crippen molar-refractivity contribution in [2.45, 2.75) is 58.4 Å². The van der Waals surface area contributed by atoms with Crippen molar-refractivity contribution in [3.8, 4) is 0 Å². The van der Waals surface area contributed by atoms with Gasteiger partial charge in [-0.25, -0.2) is 0 Å².